The van der Waals surface area contributed by atoms with Crippen LogP contribution in [-0.2, 0) is 13.1 Å². The van der Waals surface area contributed by atoms with Crippen LogP contribution in [-0.4, -0.2) is 25.5 Å². The second kappa shape index (κ2) is 10.0. The van der Waals surface area contributed by atoms with E-state index in [1.807, 2.05) is 37.3 Å². The summed E-state index contributed by atoms with van der Waals surface area (Å²) in [5.74, 6) is 0.591. The average molecular weight is 393 g/mol. The SMILES string of the molecule is CCNC(=O)c1ccc(CNC(=NC)NCc2ccc(Cl)cc2Cl)cc1. The molecule has 0 saturated carbocycles. The summed E-state index contributed by atoms with van der Waals surface area (Å²) in [5.41, 5.74) is 2.63. The van der Waals surface area contributed by atoms with E-state index in [1.54, 1.807) is 19.2 Å². The van der Waals surface area contributed by atoms with Crippen molar-refractivity contribution in [3.05, 3.63) is 69.2 Å². The van der Waals surface area contributed by atoms with Crippen LogP contribution in [0.4, 0.5) is 0 Å². The van der Waals surface area contributed by atoms with Gasteiger partial charge in [0.15, 0.2) is 5.96 Å². The maximum Gasteiger partial charge on any atom is 0.251 e. The zero-order valence-electron chi connectivity index (χ0n) is 14.8. The molecule has 138 valence electrons. The van der Waals surface area contributed by atoms with Gasteiger partial charge in [-0.1, -0.05) is 41.4 Å². The lowest BCUT2D eigenvalue weighted by Gasteiger charge is -2.13. The first kappa shape index (κ1) is 20.1. The molecule has 0 bridgehead atoms. The molecule has 2 aromatic rings. The molecule has 7 heteroatoms. The highest BCUT2D eigenvalue weighted by Crippen LogP contribution is 2.20. The first-order chi connectivity index (χ1) is 12.5. The zero-order chi connectivity index (χ0) is 18.9. The fourth-order valence-corrected chi connectivity index (χ4v) is 2.76. The van der Waals surface area contributed by atoms with Crippen LogP contribution in [0.3, 0.4) is 0 Å². The van der Waals surface area contributed by atoms with Crippen LogP contribution in [0, 0.1) is 0 Å². The second-order valence-corrected chi connectivity index (χ2v) is 6.42. The summed E-state index contributed by atoms with van der Waals surface area (Å²) in [4.78, 5) is 16.0. The fraction of sp³-hybridized carbons (Fsp3) is 0.263. The number of nitrogens with one attached hydrogen (secondary N) is 3. The molecule has 3 N–H and O–H groups in total. The van der Waals surface area contributed by atoms with Crippen LogP contribution in [0.25, 0.3) is 0 Å². The summed E-state index contributed by atoms with van der Waals surface area (Å²) in [6, 6.07) is 12.9. The van der Waals surface area contributed by atoms with Gasteiger partial charge in [-0.05, 0) is 42.3 Å². The third-order valence-corrected chi connectivity index (χ3v) is 4.29. The van der Waals surface area contributed by atoms with Gasteiger partial charge < -0.3 is 16.0 Å². The topological polar surface area (TPSA) is 65.5 Å². The summed E-state index contributed by atoms with van der Waals surface area (Å²) < 4.78 is 0. The Morgan fingerprint density at radius 2 is 1.69 bits per heavy atom. The zero-order valence-corrected chi connectivity index (χ0v) is 16.3. The maximum absolute atomic E-state index is 11.8. The molecule has 0 heterocycles. The third-order valence-electron chi connectivity index (χ3n) is 3.70. The number of nitrogens with zero attached hydrogens (tertiary/aromatic N) is 1. The van der Waals surface area contributed by atoms with E-state index in [9.17, 15) is 4.79 Å². The Bertz CT molecular complexity index is 776. The Balaban J connectivity index is 1.87. The summed E-state index contributed by atoms with van der Waals surface area (Å²) >= 11 is 12.1. The van der Waals surface area contributed by atoms with Crippen molar-refractivity contribution < 1.29 is 4.79 Å². The van der Waals surface area contributed by atoms with Gasteiger partial charge in [0.1, 0.15) is 0 Å². The first-order valence-corrected chi connectivity index (χ1v) is 9.04. The molecular weight excluding hydrogens is 371 g/mol. The lowest BCUT2D eigenvalue weighted by atomic mass is 10.1. The van der Waals surface area contributed by atoms with E-state index in [2.05, 4.69) is 20.9 Å². The van der Waals surface area contributed by atoms with Gasteiger partial charge in [0.05, 0.1) is 0 Å². The minimum Gasteiger partial charge on any atom is -0.352 e. The molecule has 0 saturated heterocycles. The molecule has 0 aromatic heterocycles. The molecule has 0 unspecified atom stereocenters. The molecule has 0 spiro atoms. The van der Waals surface area contributed by atoms with Gasteiger partial charge in [0.25, 0.3) is 5.91 Å². The number of aliphatic imine (C=N–C) groups is 1. The normalized spacial score (nSPS) is 11.2. The highest BCUT2D eigenvalue weighted by molar-refractivity contribution is 6.35. The number of amides is 1. The molecule has 0 aliphatic rings. The number of benzene rings is 2. The standard InChI is InChI=1S/C19H22Cl2N4O/c1-3-23-18(26)14-6-4-13(5-7-14)11-24-19(22-2)25-12-15-8-9-16(20)10-17(15)21/h4-10H,3,11-12H2,1-2H3,(H,23,26)(H2,22,24,25). The predicted octanol–water partition coefficient (Wildman–Crippen LogP) is 3.61. The van der Waals surface area contributed by atoms with E-state index in [4.69, 9.17) is 23.2 Å². The highest BCUT2D eigenvalue weighted by Gasteiger charge is 2.05. The van der Waals surface area contributed by atoms with Crippen molar-refractivity contribution in [2.24, 2.45) is 4.99 Å². The molecule has 0 fully saturated rings. The molecule has 0 aliphatic heterocycles. The van der Waals surface area contributed by atoms with Crippen molar-refractivity contribution in [3.63, 3.8) is 0 Å². The van der Waals surface area contributed by atoms with E-state index in [1.165, 1.54) is 0 Å². The largest absolute Gasteiger partial charge is 0.352 e. The summed E-state index contributed by atoms with van der Waals surface area (Å²) in [7, 11) is 1.71. The lowest BCUT2D eigenvalue weighted by Crippen LogP contribution is -2.36. The average Bonchev–Trinajstić information content (AvgIpc) is 2.64. The Kier molecular flexibility index (Phi) is 7.75. The first-order valence-electron chi connectivity index (χ1n) is 8.29. The van der Waals surface area contributed by atoms with Crippen LogP contribution < -0.4 is 16.0 Å². The van der Waals surface area contributed by atoms with Gasteiger partial charge in [-0.15, -0.1) is 0 Å². The van der Waals surface area contributed by atoms with Crippen LogP contribution in [0.2, 0.25) is 10.0 Å². The van der Waals surface area contributed by atoms with Crippen LogP contribution in [0.15, 0.2) is 47.5 Å². The highest BCUT2D eigenvalue weighted by atomic mass is 35.5. The van der Waals surface area contributed by atoms with E-state index in [-0.39, 0.29) is 5.91 Å². The molecule has 0 atom stereocenters. The van der Waals surface area contributed by atoms with Gasteiger partial charge in [0, 0.05) is 42.3 Å². The quantitative estimate of drug-likeness (QED) is 0.519. The van der Waals surface area contributed by atoms with Crippen LogP contribution in [0.5, 0.6) is 0 Å². The van der Waals surface area contributed by atoms with Crippen molar-refractivity contribution in [3.8, 4) is 0 Å². The molecule has 2 aromatic carbocycles. The number of carbonyl (C=O) groups is 1. The molecule has 0 radical (unpaired) electrons. The van der Waals surface area contributed by atoms with Gasteiger partial charge >= 0.3 is 0 Å². The van der Waals surface area contributed by atoms with E-state index < -0.39 is 0 Å². The summed E-state index contributed by atoms with van der Waals surface area (Å²) in [6.45, 7) is 3.63. The molecule has 1 amide bonds. The van der Waals surface area contributed by atoms with E-state index in [0.29, 0.717) is 41.2 Å². The van der Waals surface area contributed by atoms with E-state index in [0.717, 1.165) is 11.1 Å². The molecule has 0 aliphatic carbocycles. The lowest BCUT2D eigenvalue weighted by molar-refractivity contribution is 0.0956. The molecular formula is C19H22Cl2N4O. The number of guanidine groups is 1. The Labute approximate surface area is 163 Å². The van der Waals surface area contributed by atoms with Crippen molar-refractivity contribution in [1.29, 1.82) is 0 Å². The number of hydrogen-bond acceptors (Lipinski definition) is 2. The van der Waals surface area contributed by atoms with Crippen molar-refractivity contribution in [2.75, 3.05) is 13.6 Å². The number of rotatable bonds is 6. The Morgan fingerprint density at radius 1 is 1.00 bits per heavy atom. The minimum absolute atomic E-state index is 0.0654. The Hall–Kier alpha value is -2.24. The molecule has 2 rings (SSSR count). The third kappa shape index (κ3) is 5.93. The summed E-state index contributed by atoms with van der Waals surface area (Å²) in [5, 5.41) is 10.4. The minimum atomic E-state index is -0.0654. The van der Waals surface area contributed by atoms with E-state index >= 15 is 0 Å². The maximum atomic E-state index is 11.8. The summed E-state index contributed by atoms with van der Waals surface area (Å²) in [6.07, 6.45) is 0. The van der Waals surface area contributed by atoms with Gasteiger partial charge in [-0.3, -0.25) is 9.79 Å². The van der Waals surface area contributed by atoms with Crippen LogP contribution >= 0.6 is 23.2 Å². The number of carbonyl (C=O) groups excluding carboxylic acids is 1. The Morgan fingerprint density at radius 3 is 2.31 bits per heavy atom. The van der Waals surface area contributed by atoms with Crippen LogP contribution in [0.1, 0.15) is 28.4 Å². The number of hydrogen-bond donors (Lipinski definition) is 3. The second-order valence-electron chi connectivity index (χ2n) is 5.57. The molecule has 5 nitrogen and oxygen atoms in total. The smallest absolute Gasteiger partial charge is 0.251 e. The van der Waals surface area contributed by atoms with Crippen molar-refractivity contribution in [1.82, 2.24) is 16.0 Å². The monoisotopic (exact) mass is 392 g/mol. The fourth-order valence-electron chi connectivity index (χ4n) is 2.29. The van der Waals surface area contributed by atoms with Crippen molar-refractivity contribution in [2.45, 2.75) is 20.0 Å². The van der Waals surface area contributed by atoms with Gasteiger partial charge in [-0.25, -0.2) is 0 Å². The van der Waals surface area contributed by atoms with Gasteiger partial charge in [0.2, 0.25) is 0 Å². The van der Waals surface area contributed by atoms with Crippen molar-refractivity contribution >= 4 is 35.1 Å². The number of halogens is 2. The van der Waals surface area contributed by atoms with Gasteiger partial charge in [-0.2, -0.15) is 0 Å². The molecule has 26 heavy (non-hydrogen) atoms. The predicted molar refractivity (Wildman–Crippen MR) is 108 cm³/mol.